The number of allylic oxidation sites excluding steroid dienone is 3. The smallest absolute Gasteiger partial charge is 0.152 e. The summed E-state index contributed by atoms with van der Waals surface area (Å²) in [4.78, 5) is 0. The van der Waals surface area contributed by atoms with E-state index in [1.54, 1.807) is 0 Å². The first-order valence-corrected chi connectivity index (χ1v) is 9.50. The number of nitrogens with zero attached hydrogens (tertiary/aromatic N) is 3. The van der Waals surface area contributed by atoms with Crippen molar-refractivity contribution in [3.8, 4) is 6.07 Å². The summed E-state index contributed by atoms with van der Waals surface area (Å²) in [5.74, 6) is 0.786. The van der Waals surface area contributed by atoms with Gasteiger partial charge in [0.05, 0.1) is 11.4 Å². The summed E-state index contributed by atoms with van der Waals surface area (Å²) >= 11 is 6.06. The lowest BCUT2D eigenvalue weighted by atomic mass is 9.90. The molecule has 1 fully saturated rings. The lowest BCUT2D eigenvalue weighted by molar-refractivity contribution is 0.667. The van der Waals surface area contributed by atoms with Crippen LogP contribution in [0.1, 0.15) is 55.3 Å². The molecule has 3 aliphatic rings. The zero-order valence-electron chi connectivity index (χ0n) is 14.5. The molecule has 1 aliphatic heterocycles. The minimum Gasteiger partial charge on any atom is -0.342 e. The number of aromatic nitrogens is 2. The van der Waals surface area contributed by atoms with E-state index in [1.807, 2.05) is 16.8 Å². The Morgan fingerprint density at radius 2 is 1.92 bits per heavy atom. The van der Waals surface area contributed by atoms with E-state index in [2.05, 4.69) is 30.1 Å². The number of nitriles is 1. The van der Waals surface area contributed by atoms with Crippen LogP contribution in [-0.4, -0.2) is 9.78 Å². The molecule has 1 N–H and O–H groups in total. The molecule has 1 saturated carbocycles. The summed E-state index contributed by atoms with van der Waals surface area (Å²) in [6, 6.07) is 10.3. The quantitative estimate of drug-likeness (QED) is 0.797. The van der Waals surface area contributed by atoms with Gasteiger partial charge in [0.2, 0.25) is 0 Å². The first-order valence-electron chi connectivity index (χ1n) is 9.12. The summed E-state index contributed by atoms with van der Waals surface area (Å²) in [6.07, 6.45) is 6.40. The predicted molar refractivity (Wildman–Crippen MR) is 103 cm³/mol. The topological polar surface area (TPSA) is 53.6 Å². The second kappa shape index (κ2) is 5.49. The van der Waals surface area contributed by atoms with Gasteiger partial charge in [0, 0.05) is 16.1 Å². The monoisotopic (exact) mass is 362 g/mol. The number of anilines is 1. The third-order valence-electron chi connectivity index (χ3n) is 5.94. The van der Waals surface area contributed by atoms with Gasteiger partial charge in [0.15, 0.2) is 5.82 Å². The average molecular weight is 363 g/mol. The number of rotatable bonds is 2. The number of fused-ring (bicyclic) bond motifs is 1. The van der Waals surface area contributed by atoms with Crippen LogP contribution in [0.4, 0.5) is 5.82 Å². The number of nitrogens with one attached hydrogen (secondary N) is 1. The Hall–Kier alpha value is -2.51. The second-order valence-electron chi connectivity index (χ2n) is 7.42. The van der Waals surface area contributed by atoms with Crippen LogP contribution in [0.15, 0.2) is 42.1 Å². The zero-order chi connectivity index (χ0) is 17.9. The van der Waals surface area contributed by atoms with Crippen molar-refractivity contribution in [2.75, 3.05) is 5.32 Å². The second-order valence-corrected chi connectivity index (χ2v) is 7.86. The largest absolute Gasteiger partial charge is 0.342 e. The molecule has 0 radical (unpaired) electrons. The van der Waals surface area contributed by atoms with Crippen LogP contribution in [-0.2, 0) is 5.41 Å². The molecule has 4 nitrogen and oxygen atoms in total. The molecule has 0 unspecified atom stereocenters. The van der Waals surface area contributed by atoms with Crippen LogP contribution in [0.25, 0.3) is 5.70 Å². The van der Waals surface area contributed by atoms with Crippen LogP contribution in [0.3, 0.4) is 0 Å². The maximum Gasteiger partial charge on any atom is 0.152 e. The van der Waals surface area contributed by atoms with E-state index in [-0.39, 0.29) is 5.41 Å². The average Bonchev–Trinajstić information content (AvgIpc) is 3.38. The fraction of sp³-hybridized carbons (Fsp3) is 0.333. The fourth-order valence-corrected chi connectivity index (χ4v) is 4.48. The Balaban J connectivity index is 1.64. The number of benzene rings is 1. The van der Waals surface area contributed by atoms with Crippen molar-refractivity contribution in [2.24, 2.45) is 0 Å². The van der Waals surface area contributed by atoms with Crippen molar-refractivity contribution in [2.45, 2.75) is 43.9 Å². The Bertz CT molecular complexity index is 1000. The van der Waals surface area contributed by atoms with E-state index in [0.29, 0.717) is 5.56 Å². The molecule has 2 aliphatic carbocycles. The zero-order valence-corrected chi connectivity index (χ0v) is 15.2. The van der Waals surface area contributed by atoms with Crippen molar-refractivity contribution in [3.63, 3.8) is 0 Å². The van der Waals surface area contributed by atoms with Gasteiger partial charge in [-0.25, -0.2) is 4.68 Å². The summed E-state index contributed by atoms with van der Waals surface area (Å²) in [7, 11) is 0. The number of hydrogen-bond acceptors (Lipinski definition) is 3. The molecule has 1 aromatic heterocycles. The highest BCUT2D eigenvalue weighted by Crippen LogP contribution is 2.55. The summed E-state index contributed by atoms with van der Waals surface area (Å²) < 4.78 is 1.86. The van der Waals surface area contributed by atoms with Crippen molar-refractivity contribution >= 4 is 23.1 Å². The van der Waals surface area contributed by atoms with Crippen molar-refractivity contribution in [3.05, 3.63) is 64.0 Å². The van der Waals surface area contributed by atoms with E-state index in [0.717, 1.165) is 47.9 Å². The molecular weight excluding hydrogens is 344 g/mol. The van der Waals surface area contributed by atoms with Gasteiger partial charge < -0.3 is 5.32 Å². The van der Waals surface area contributed by atoms with Crippen molar-refractivity contribution < 1.29 is 0 Å². The predicted octanol–water partition coefficient (Wildman–Crippen LogP) is 5.21. The third kappa shape index (κ3) is 2.10. The highest BCUT2D eigenvalue weighted by molar-refractivity contribution is 6.30. The maximum absolute atomic E-state index is 9.92. The molecule has 130 valence electrons. The third-order valence-corrected chi connectivity index (χ3v) is 6.19. The molecule has 0 saturated heterocycles. The molecule has 1 aromatic carbocycles. The molecule has 0 atom stereocenters. The van der Waals surface area contributed by atoms with Crippen molar-refractivity contribution in [1.29, 1.82) is 5.26 Å². The number of hydrogen-bond donors (Lipinski definition) is 1. The standard InChI is InChI=1S/C21H19ClN4/c1-13-16-4-2-3-5-18(16)24-20-17(12-23)19(25-26(13)20)21(10-11-21)14-6-8-15(22)9-7-14/h6-9,24H,1-5,10-11H2. The van der Waals surface area contributed by atoms with Gasteiger partial charge >= 0.3 is 0 Å². The van der Waals surface area contributed by atoms with Crippen LogP contribution >= 0.6 is 11.6 Å². The molecule has 26 heavy (non-hydrogen) atoms. The van der Waals surface area contributed by atoms with Gasteiger partial charge in [-0.1, -0.05) is 30.3 Å². The summed E-state index contributed by atoms with van der Waals surface area (Å²) in [6.45, 7) is 4.29. The lowest BCUT2D eigenvalue weighted by Crippen LogP contribution is -2.20. The normalized spacial score (nSPS) is 20.1. The first-order chi connectivity index (χ1) is 12.6. The Morgan fingerprint density at radius 1 is 1.19 bits per heavy atom. The van der Waals surface area contributed by atoms with E-state index in [1.165, 1.54) is 29.7 Å². The van der Waals surface area contributed by atoms with Gasteiger partial charge in [-0.15, -0.1) is 0 Å². The SMILES string of the molecule is C=C1C2=C(CCCC2)Nc2c(C#N)c(C3(c4ccc(Cl)cc4)CC3)nn21. The summed E-state index contributed by atoms with van der Waals surface area (Å²) in [5, 5.41) is 19.0. The number of halogens is 1. The minimum absolute atomic E-state index is 0.178. The van der Waals surface area contributed by atoms with Crippen LogP contribution in [0.2, 0.25) is 5.02 Å². The van der Waals surface area contributed by atoms with Crippen LogP contribution in [0, 0.1) is 11.3 Å². The molecule has 0 bridgehead atoms. The van der Waals surface area contributed by atoms with Crippen molar-refractivity contribution in [1.82, 2.24) is 9.78 Å². The Kier molecular flexibility index (Phi) is 3.32. The van der Waals surface area contributed by atoms with E-state index >= 15 is 0 Å². The highest BCUT2D eigenvalue weighted by Gasteiger charge is 2.51. The molecule has 2 heterocycles. The molecule has 5 rings (SSSR count). The highest BCUT2D eigenvalue weighted by atomic mass is 35.5. The van der Waals surface area contributed by atoms with Gasteiger partial charge in [0.1, 0.15) is 11.6 Å². The molecule has 5 heteroatoms. The molecule has 2 aromatic rings. The fourth-order valence-electron chi connectivity index (χ4n) is 4.36. The minimum atomic E-state index is -0.178. The van der Waals surface area contributed by atoms with E-state index in [9.17, 15) is 5.26 Å². The van der Waals surface area contributed by atoms with Crippen LogP contribution < -0.4 is 5.32 Å². The van der Waals surface area contributed by atoms with E-state index in [4.69, 9.17) is 16.7 Å². The maximum atomic E-state index is 9.92. The Labute approximate surface area is 157 Å². The lowest BCUT2D eigenvalue weighted by Gasteiger charge is -2.28. The molecule has 0 amide bonds. The van der Waals surface area contributed by atoms with Gasteiger partial charge in [-0.2, -0.15) is 10.4 Å². The summed E-state index contributed by atoms with van der Waals surface area (Å²) in [5.41, 5.74) is 5.91. The van der Waals surface area contributed by atoms with Crippen LogP contribution in [0.5, 0.6) is 0 Å². The molecular formula is C21H19ClN4. The van der Waals surface area contributed by atoms with Gasteiger partial charge in [-0.3, -0.25) is 0 Å². The molecule has 0 spiro atoms. The van der Waals surface area contributed by atoms with Gasteiger partial charge in [0.25, 0.3) is 0 Å². The Morgan fingerprint density at radius 3 is 2.62 bits per heavy atom. The van der Waals surface area contributed by atoms with Gasteiger partial charge in [-0.05, 0) is 61.8 Å². The first kappa shape index (κ1) is 15.7. The van der Waals surface area contributed by atoms with E-state index < -0.39 is 0 Å².